The van der Waals surface area contributed by atoms with Crippen LogP contribution in [0.5, 0.6) is 0 Å². The molecular weight excluding hydrogens is 245 g/mol. The van der Waals surface area contributed by atoms with E-state index in [0.29, 0.717) is 0 Å². The van der Waals surface area contributed by atoms with Crippen LogP contribution in [0.15, 0.2) is 28.7 Å². The van der Waals surface area contributed by atoms with E-state index >= 15 is 0 Å². The standard InChI is InChI=1S/C11H13BrFN/c1-11(13,9-6-14-7-9)8-2-4-10(12)5-3-8/h2-5,9,14H,6-7H2,1H3. The molecule has 2 rings (SSSR count). The Balaban J connectivity index is 2.23. The van der Waals surface area contributed by atoms with Gasteiger partial charge in [-0.1, -0.05) is 28.1 Å². The lowest BCUT2D eigenvalue weighted by molar-refractivity contribution is 0.0631. The van der Waals surface area contributed by atoms with Crippen LogP contribution in [0.4, 0.5) is 4.39 Å². The van der Waals surface area contributed by atoms with Gasteiger partial charge in [-0.05, 0) is 24.6 Å². The van der Waals surface area contributed by atoms with E-state index in [9.17, 15) is 4.39 Å². The molecule has 0 bridgehead atoms. The van der Waals surface area contributed by atoms with E-state index < -0.39 is 5.67 Å². The van der Waals surface area contributed by atoms with Crippen molar-refractivity contribution < 1.29 is 4.39 Å². The fourth-order valence-electron chi connectivity index (χ4n) is 1.68. The Bertz CT molecular complexity index is 317. The summed E-state index contributed by atoms with van der Waals surface area (Å²) >= 11 is 3.35. The van der Waals surface area contributed by atoms with Gasteiger partial charge in [0.25, 0.3) is 0 Å². The van der Waals surface area contributed by atoms with Gasteiger partial charge in [-0.3, -0.25) is 0 Å². The molecule has 1 saturated heterocycles. The average molecular weight is 258 g/mol. The Hall–Kier alpha value is -0.410. The lowest BCUT2D eigenvalue weighted by Gasteiger charge is -2.37. The number of hydrogen-bond donors (Lipinski definition) is 1. The van der Waals surface area contributed by atoms with Crippen LogP contribution in [0, 0.1) is 5.92 Å². The van der Waals surface area contributed by atoms with Crippen LogP contribution in [-0.2, 0) is 5.67 Å². The largest absolute Gasteiger partial charge is 0.316 e. The first-order chi connectivity index (χ1) is 6.60. The molecule has 1 nitrogen and oxygen atoms in total. The summed E-state index contributed by atoms with van der Waals surface area (Å²) in [6, 6.07) is 7.48. The van der Waals surface area contributed by atoms with Crippen LogP contribution in [0.3, 0.4) is 0 Å². The quantitative estimate of drug-likeness (QED) is 0.860. The lowest BCUT2D eigenvalue weighted by atomic mass is 9.81. The van der Waals surface area contributed by atoms with E-state index in [2.05, 4.69) is 21.2 Å². The fraction of sp³-hybridized carbons (Fsp3) is 0.455. The molecule has 3 heteroatoms. The number of nitrogens with one attached hydrogen (secondary N) is 1. The second kappa shape index (κ2) is 3.63. The van der Waals surface area contributed by atoms with Crippen LogP contribution < -0.4 is 5.32 Å². The Morgan fingerprint density at radius 2 is 1.93 bits per heavy atom. The van der Waals surface area contributed by atoms with Crippen molar-refractivity contribution >= 4 is 15.9 Å². The molecule has 1 aliphatic rings. The molecule has 1 aromatic rings. The van der Waals surface area contributed by atoms with E-state index in [0.717, 1.165) is 23.1 Å². The van der Waals surface area contributed by atoms with Gasteiger partial charge < -0.3 is 5.32 Å². The van der Waals surface area contributed by atoms with Gasteiger partial charge in [0.15, 0.2) is 0 Å². The zero-order valence-electron chi connectivity index (χ0n) is 8.06. The maximum Gasteiger partial charge on any atom is 0.138 e. The summed E-state index contributed by atoms with van der Waals surface area (Å²) in [5, 5.41) is 3.10. The molecule has 76 valence electrons. The fourth-order valence-corrected chi connectivity index (χ4v) is 1.95. The van der Waals surface area contributed by atoms with E-state index in [1.165, 1.54) is 0 Å². The normalized spacial score (nSPS) is 21.4. The predicted molar refractivity (Wildman–Crippen MR) is 59.0 cm³/mol. The van der Waals surface area contributed by atoms with Gasteiger partial charge in [0.1, 0.15) is 5.67 Å². The molecule has 1 aromatic carbocycles. The third-order valence-corrected chi connectivity index (χ3v) is 3.49. The molecule has 0 aliphatic carbocycles. The Morgan fingerprint density at radius 3 is 2.36 bits per heavy atom. The van der Waals surface area contributed by atoms with Gasteiger partial charge in [0.2, 0.25) is 0 Å². The molecule has 1 unspecified atom stereocenters. The highest BCUT2D eigenvalue weighted by atomic mass is 79.9. The van der Waals surface area contributed by atoms with Crippen LogP contribution in [0.25, 0.3) is 0 Å². The maximum absolute atomic E-state index is 14.3. The van der Waals surface area contributed by atoms with Crippen molar-refractivity contribution in [2.24, 2.45) is 5.92 Å². The molecule has 0 spiro atoms. The first-order valence-electron chi connectivity index (χ1n) is 4.76. The zero-order chi connectivity index (χ0) is 10.2. The summed E-state index contributed by atoms with van der Waals surface area (Å²) in [5.41, 5.74) is -0.432. The Kier molecular flexibility index (Phi) is 2.62. The van der Waals surface area contributed by atoms with Crippen LogP contribution in [0.2, 0.25) is 0 Å². The lowest BCUT2D eigenvalue weighted by Crippen LogP contribution is -2.51. The monoisotopic (exact) mass is 257 g/mol. The predicted octanol–water partition coefficient (Wildman–Crippen LogP) is 2.85. The first-order valence-corrected chi connectivity index (χ1v) is 5.55. The molecular formula is C11H13BrFN. The zero-order valence-corrected chi connectivity index (χ0v) is 9.64. The van der Waals surface area contributed by atoms with Crippen molar-refractivity contribution in [1.29, 1.82) is 0 Å². The van der Waals surface area contributed by atoms with Crippen molar-refractivity contribution in [1.82, 2.24) is 5.32 Å². The molecule has 1 aliphatic heterocycles. The minimum absolute atomic E-state index is 0.115. The van der Waals surface area contributed by atoms with Crippen LogP contribution >= 0.6 is 15.9 Å². The van der Waals surface area contributed by atoms with Crippen LogP contribution in [-0.4, -0.2) is 13.1 Å². The second-order valence-corrected chi connectivity index (χ2v) is 4.85. The summed E-state index contributed by atoms with van der Waals surface area (Å²) in [6.45, 7) is 3.23. The van der Waals surface area contributed by atoms with E-state index in [-0.39, 0.29) is 5.92 Å². The van der Waals surface area contributed by atoms with Crippen molar-refractivity contribution in [3.8, 4) is 0 Å². The Morgan fingerprint density at radius 1 is 1.36 bits per heavy atom. The van der Waals surface area contributed by atoms with Gasteiger partial charge in [0.05, 0.1) is 0 Å². The number of hydrogen-bond acceptors (Lipinski definition) is 1. The Labute approximate surface area is 91.8 Å². The van der Waals surface area contributed by atoms with Crippen molar-refractivity contribution in [2.75, 3.05) is 13.1 Å². The van der Waals surface area contributed by atoms with Gasteiger partial charge in [0, 0.05) is 23.5 Å². The highest BCUT2D eigenvalue weighted by Crippen LogP contribution is 2.36. The van der Waals surface area contributed by atoms with Crippen molar-refractivity contribution in [3.63, 3.8) is 0 Å². The van der Waals surface area contributed by atoms with Gasteiger partial charge >= 0.3 is 0 Å². The molecule has 0 aromatic heterocycles. The summed E-state index contributed by atoms with van der Waals surface area (Å²) in [4.78, 5) is 0. The third kappa shape index (κ3) is 1.71. The summed E-state index contributed by atoms with van der Waals surface area (Å²) in [6.07, 6.45) is 0. The van der Waals surface area contributed by atoms with E-state index in [1.54, 1.807) is 6.92 Å². The van der Waals surface area contributed by atoms with Gasteiger partial charge in [-0.2, -0.15) is 0 Å². The number of benzene rings is 1. The van der Waals surface area contributed by atoms with Gasteiger partial charge in [-0.15, -0.1) is 0 Å². The van der Waals surface area contributed by atoms with Crippen LogP contribution in [0.1, 0.15) is 12.5 Å². The molecule has 0 saturated carbocycles. The minimum atomic E-state index is -1.20. The first kappa shape index (κ1) is 10.1. The van der Waals surface area contributed by atoms with E-state index in [1.807, 2.05) is 24.3 Å². The van der Waals surface area contributed by atoms with E-state index in [4.69, 9.17) is 0 Å². The number of halogens is 2. The van der Waals surface area contributed by atoms with Crippen molar-refractivity contribution in [3.05, 3.63) is 34.3 Å². The molecule has 1 N–H and O–H groups in total. The number of rotatable bonds is 2. The summed E-state index contributed by atoms with van der Waals surface area (Å²) in [7, 11) is 0. The summed E-state index contributed by atoms with van der Waals surface area (Å²) < 4.78 is 15.3. The topological polar surface area (TPSA) is 12.0 Å². The van der Waals surface area contributed by atoms with Crippen molar-refractivity contribution in [2.45, 2.75) is 12.6 Å². The molecule has 14 heavy (non-hydrogen) atoms. The maximum atomic E-state index is 14.3. The molecule has 1 heterocycles. The molecule has 0 radical (unpaired) electrons. The van der Waals surface area contributed by atoms with Gasteiger partial charge in [-0.25, -0.2) is 4.39 Å². The molecule has 1 atom stereocenters. The smallest absolute Gasteiger partial charge is 0.138 e. The highest BCUT2D eigenvalue weighted by molar-refractivity contribution is 9.10. The molecule has 1 fully saturated rings. The molecule has 0 amide bonds. The summed E-state index contributed by atoms with van der Waals surface area (Å²) in [5.74, 6) is 0.115. The third-order valence-electron chi connectivity index (χ3n) is 2.96. The second-order valence-electron chi connectivity index (χ2n) is 3.94. The minimum Gasteiger partial charge on any atom is -0.316 e. The average Bonchev–Trinajstić information content (AvgIpc) is 2.00. The highest BCUT2D eigenvalue weighted by Gasteiger charge is 2.39. The SMILES string of the molecule is CC(F)(c1ccc(Br)cc1)C1CNC1. The number of alkyl halides is 1.